The van der Waals surface area contributed by atoms with Gasteiger partial charge in [-0.1, -0.05) is 18.2 Å². The van der Waals surface area contributed by atoms with E-state index in [-0.39, 0.29) is 18.7 Å². The highest BCUT2D eigenvalue weighted by Crippen LogP contribution is 2.30. The predicted octanol–water partition coefficient (Wildman–Crippen LogP) is 3.89. The van der Waals surface area contributed by atoms with Crippen molar-refractivity contribution < 1.29 is 5.11 Å². The molecule has 0 bridgehead atoms. The molecule has 0 amide bonds. The van der Waals surface area contributed by atoms with E-state index in [1.165, 1.54) is 6.42 Å². The van der Waals surface area contributed by atoms with Crippen LogP contribution in [-0.2, 0) is 0 Å². The molecule has 148 valence electrons. The van der Waals surface area contributed by atoms with E-state index in [1.807, 2.05) is 36.7 Å². The van der Waals surface area contributed by atoms with Crippen LogP contribution in [0.2, 0.25) is 0 Å². The third-order valence-corrected chi connectivity index (χ3v) is 5.35. The van der Waals surface area contributed by atoms with Gasteiger partial charge in [0.2, 0.25) is 5.95 Å². The van der Waals surface area contributed by atoms with Crippen molar-refractivity contribution in [3.8, 4) is 0 Å². The van der Waals surface area contributed by atoms with Crippen molar-refractivity contribution in [2.24, 2.45) is 0 Å². The van der Waals surface area contributed by atoms with Gasteiger partial charge in [0, 0.05) is 30.9 Å². The van der Waals surface area contributed by atoms with E-state index >= 15 is 0 Å². The lowest BCUT2D eigenvalue weighted by atomic mass is 10.0. The standard InChI is InChI=1S/C21H28N6O/c1-15(2)27-14-22-18-19(23-16-8-4-3-5-9-16)24-21(25-20(18)27)26-12-7-6-10-17(26)11-13-28/h3-5,8-9,14-15,17,28H,6-7,10-13H2,1-2H3,(H,23,24,25). The predicted molar refractivity (Wildman–Crippen MR) is 112 cm³/mol. The quantitative estimate of drug-likeness (QED) is 0.675. The monoisotopic (exact) mass is 380 g/mol. The van der Waals surface area contributed by atoms with Gasteiger partial charge >= 0.3 is 0 Å². The van der Waals surface area contributed by atoms with Crippen LogP contribution in [0.3, 0.4) is 0 Å². The zero-order chi connectivity index (χ0) is 19.5. The number of aliphatic hydroxyl groups is 1. The molecule has 1 aromatic carbocycles. The number of piperidine rings is 1. The number of nitrogens with one attached hydrogen (secondary N) is 1. The fraction of sp³-hybridized carbons (Fsp3) is 0.476. The molecule has 1 atom stereocenters. The molecule has 7 nitrogen and oxygen atoms in total. The Morgan fingerprint density at radius 2 is 2.00 bits per heavy atom. The van der Waals surface area contributed by atoms with Gasteiger partial charge in [0.15, 0.2) is 17.0 Å². The van der Waals surface area contributed by atoms with Crippen LogP contribution in [0, 0.1) is 0 Å². The normalized spacial score (nSPS) is 17.4. The van der Waals surface area contributed by atoms with Gasteiger partial charge in [0.05, 0.1) is 6.33 Å². The summed E-state index contributed by atoms with van der Waals surface area (Å²) in [5.41, 5.74) is 2.59. The fourth-order valence-corrected chi connectivity index (χ4v) is 3.87. The van der Waals surface area contributed by atoms with Crippen molar-refractivity contribution in [2.45, 2.75) is 51.6 Å². The molecule has 0 radical (unpaired) electrons. The van der Waals surface area contributed by atoms with E-state index in [4.69, 9.17) is 9.97 Å². The average Bonchev–Trinajstić information content (AvgIpc) is 3.14. The summed E-state index contributed by atoms with van der Waals surface area (Å²) in [5.74, 6) is 1.44. The van der Waals surface area contributed by atoms with E-state index in [0.29, 0.717) is 5.95 Å². The number of aromatic nitrogens is 4. The maximum Gasteiger partial charge on any atom is 0.229 e. The minimum absolute atomic E-state index is 0.183. The van der Waals surface area contributed by atoms with Crippen LogP contribution in [0.15, 0.2) is 36.7 Å². The zero-order valence-corrected chi connectivity index (χ0v) is 16.5. The molecule has 7 heteroatoms. The SMILES string of the molecule is CC(C)n1cnc2c(Nc3ccccc3)nc(N3CCCCC3CCO)nc21. The number of fused-ring (bicyclic) bond motifs is 1. The topological polar surface area (TPSA) is 79.1 Å². The summed E-state index contributed by atoms with van der Waals surface area (Å²) in [5, 5.41) is 12.9. The Hall–Kier alpha value is -2.67. The second-order valence-electron chi connectivity index (χ2n) is 7.64. The van der Waals surface area contributed by atoms with Crippen molar-refractivity contribution in [3.63, 3.8) is 0 Å². The number of nitrogens with zero attached hydrogens (tertiary/aromatic N) is 5. The molecule has 1 aliphatic heterocycles. The molecular formula is C21H28N6O. The molecular weight excluding hydrogens is 352 g/mol. The van der Waals surface area contributed by atoms with Crippen molar-refractivity contribution in [1.82, 2.24) is 19.5 Å². The molecule has 1 unspecified atom stereocenters. The van der Waals surface area contributed by atoms with Gasteiger partial charge < -0.3 is 19.9 Å². The zero-order valence-electron chi connectivity index (χ0n) is 16.5. The summed E-state index contributed by atoms with van der Waals surface area (Å²) in [6.07, 6.45) is 5.95. The summed E-state index contributed by atoms with van der Waals surface area (Å²) in [7, 11) is 0. The second-order valence-corrected chi connectivity index (χ2v) is 7.64. The van der Waals surface area contributed by atoms with Gasteiger partial charge in [-0.05, 0) is 51.7 Å². The molecule has 1 fully saturated rings. The molecule has 0 saturated carbocycles. The van der Waals surface area contributed by atoms with Crippen LogP contribution in [-0.4, -0.2) is 43.8 Å². The molecule has 3 heterocycles. The molecule has 0 aliphatic carbocycles. The smallest absolute Gasteiger partial charge is 0.229 e. The first-order valence-electron chi connectivity index (χ1n) is 10.1. The lowest BCUT2D eigenvalue weighted by Crippen LogP contribution is -2.41. The van der Waals surface area contributed by atoms with E-state index in [0.717, 1.165) is 48.5 Å². The Morgan fingerprint density at radius 3 is 2.75 bits per heavy atom. The summed E-state index contributed by atoms with van der Waals surface area (Å²) >= 11 is 0. The largest absolute Gasteiger partial charge is 0.396 e. The van der Waals surface area contributed by atoms with Gasteiger partial charge in [-0.2, -0.15) is 9.97 Å². The van der Waals surface area contributed by atoms with Crippen molar-refractivity contribution in [3.05, 3.63) is 36.7 Å². The van der Waals surface area contributed by atoms with Gasteiger partial charge in [0.1, 0.15) is 0 Å². The van der Waals surface area contributed by atoms with Gasteiger partial charge in [-0.25, -0.2) is 4.98 Å². The van der Waals surface area contributed by atoms with E-state index in [1.54, 1.807) is 0 Å². The molecule has 0 spiro atoms. The van der Waals surface area contributed by atoms with Crippen molar-refractivity contribution in [2.75, 3.05) is 23.4 Å². The lowest BCUT2D eigenvalue weighted by Gasteiger charge is -2.35. The highest BCUT2D eigenvalue weighted by atomic mass is 16.3. The van der Waals surface area contributed by atoms with Crippen molar-refractivity contribution >= 4 is 28.6 Å². The molecule has 3 aromatic rings. The average molecular weight is 380 g/mol. The Bertz CT molecular complexity index is 921. The van der Waals surface area contributed by atoms with Gasteiger partial charge in [0.25, 0.3) is 0 Å². The van der Waals surface area contributed by atoms with Gasteiger partial charge in [-0.15, -0.1) is 0 Å². The Labute approximate surface area is 165 Å². The first-order chi connectivity index (χ1) is 13.7. The number of benzene rings is 1. The Kier molecular flexibility index (Phi) is 5.43. The summed E-state index contributed by atoms with van der Waals surface area (Å²) in [4.78, 5) is 16.6. The molecule has 4 rings (SSSR count). The highest BCUT2D eigenvalue weighted by molar-refractivity contribution is 5.86. The van der Waals surface area contributed by atoms with Crippen LogP contribution in [0.1, 0.15) is 45.6 Å². The van der Waals surface area contributed by atoms with E-state index in [9.17, 15) is 5.11 Å². The molecule has 1 saturated heterocycles. The molecule has 2 N–H and O–H groups in total. The number of imidazole rings is 1. The highest BCUT2D eigenvalue weighted by Gasteiger charge is 2.26. The van der Waals surface area contributed by atoms with Gasteiger partial charge in [-0.3, -0.25) is 0 Å². The number of anilines is 3. The third kappa shape index (κ3) is 3.67. The summed E-state index contributed by atoms with van der Waals surface area (Å²) in [6, 6.07) is 10.5. The van der Waals surface area contributed by atoms with Crippen LogP contribution in [0.25, 0.3) is 11.2 Å². The molecule has 28 heavy (non-hydrogen) atoms. The fourth-order valence-electron chi connectivity index (χ4n) is 3.87. The minimum atomic E-state index is 0.183. The number of rotatable bonds is 6. The maximum absolute atomic E-state index is 9.49. The van der Waals surface area contributed by atoms with E-state index < -0.39 is 0 Å². The Morgan fingerprint density at radius 1 is 1.18 bits per heavy atom. The number of hydrogen-bond donors (Lipinski definition) is 2. The van der Waals surface area contributed by atoms with Crippen LogP contribution < -0.4 is 10.2 Å². The first-order valence-corrected chi connectivity index (χ1v) is 10.1. The minimum Gasteiger partial charge on any atom is -0.396 e. The van der Waals surface area contributed by atoms with Crippen LogP contribution in [0.5, 0.6) is 0 Å². The van der Waals surface area contributed by atoms with Crippen LogP contribution >= 0.6 is 0 Å². The second kappa shape index (κ2) is 8.14. The lowest BCUT2D eigenvalue weighted by molar-refractivity contribution is 0.262. The van der Waals surface area contributed by atoms with Crippen LogP contribution in [0.4, 0.5) is 17.5 Å². The molecule has 1 aliphatic rings. The maximum atomic E-state index is 9.49. The number of hydrogen-bond acceptors (Lipinski definition) is 6. The third-order valence-electron chi connectivity index (χ3n) is 5.35. The number of aliphatic hydroxyl groups excluding tert-OH is 1. The van der Waals surface area contributed by atoms with Crippen molar-refractivity contribution in [1.29, 1.82) is 0 Å². The summed E-state index contributed by atoms with van der Waals surface area (Å²) < 4.78 is 2.09. The number of para-hydroxylation sites is 1. The summed E-state index contributed by atoms with van der Waals surface area (Å²) in [6.45, 7) is 5.35. The Balaban J connectivity index is 1.80. The first kappa shape index (κ1) is 18.7. The van der Waals surface area contributed by atoms with E-state index in [2.05, 4.69) is 33.6 Å². The molecule has 2 aromatic heterocycles.